The fourth-order valence-corrected chi connectivity index (χ4v) is 9.62. The number of hydrogen-bond acceptors (Lipinski definition) is 9. The van der Waals surface area contributed by atoms with Gasteiger partial charge in [0.25, 0.3) is 11.8 Å². The van der Waals surface area contributed by atoms with Gasteiger partial charge in [-0.1, -0.05) is 12.1 Å². The van der Waals surface area contributed by atoms with E-state index in [9.17, 15) is 32.8 Å². The number of nitrogens with one attached hydrogen (secondary N) is 1. The number of amides is 4. The molecule has 59 heavy (non-hydrogen) atoms. The van der Waals surface area contributed by atoms with E-state index in [1.807, 2.05) is 24.3 Å². The number of piperidine rings is 2. The van der Waals surface area contributed by atoms with Gasteiger partial charge in [0.15, 0.2) is 0 Å². The third-order valence-electron chi connectivity index (χ3n) is 12.4. The van der Waals surface area contributed by atoms with Crippen molar-refractivity contribution in [1.29, 1.82) is 0 Å². The summed E-state index contributed by atoms with van der Waals surface area (Å²) >= 11 is 1.06. The number of imidazole rings is 1. The third-order valence-corrected chi connectivity index (χ3v) is 13.0. The lowest BCUT2D eigenvalue weighted by Crippen LogP contribution is -2.54. The van der Waals surface area contributed by atoms with Gasteiger partial charge in [0.05, 0.1) is 33.4 Å². The van der Waals surface area contributed by atoms with E-state index in [0.29, 0.717) is 41.5 Å². The first kappa shape index (κ1) is 41.1. The van der Waals surface area contributed by atoms with Crippen LogP contribution in [0.25, 0.3) is 16.7 Å². The Morgan fingerprint density at radius 2 is 1.63 bits per heavy atom. The fourth-order valence-electron chi connectivity index (χ4n) is 9.15. The van der Waals surface area contributed by atoms with Crippen LogP contribution in [-0.2, 0) is 20.1 Å². The highest BCUT2D eigenvalue weighted by Gasteiger charge is 2.45. The number of hydrogen-bond donors (Lipinski definition) is 2. The van der Waals surface area contributed by atoms with Gasteiger partial charge in [0.1, 0.15) is 17.9 Å². The molecule has 4 aliphatic rings. The van der Waals surface area contributed by atoms with Crippen molar-refractivity contribution < 1.29 is 32.7 Å². The maximum Gasteiger partial charge on any atom is 0.333 e. The molecule has 3 aromatic carbocycles. The molecule has 16 heteroatoms. The summed E-state index contributed by atoms with van der Waals surface area (Å²) in [5, 5.41) is 2.22. The summed E-state index contributed by atoms with van der Waals surface area (Å²) in [6, 6.07) is 16.3. The van der Waals surface area contributed by atoms with Gasteiger partial charge >= 0.3 is 9.62 Å². The molecule has 3 N–H and O–H groups in total. The molecule has 1 unspecified atom stereocenters. The Bertz CT molecular complexity index is 2360. The number of anilines is 1. The number of carbonyl (C=O) groups is 4. The highest BCUT2D eigenvalue weighted by Crippen LogP contribution is 2.40. The van der Waals surface area contributed by atoms with Crippen LogP contribution in [0.3, 0.4) is 0 Å². The normalized spacial score (nSPS) is 21.7. The highest BCUT2D eigenvalue weighted by atomic mass is 127. The molecule has 1 saturated carbocycles. The van der Waals surface area contributed by atoms with Crippen LogP contribution >= 0.6 is 22.6 Å². The minimum absolute atomic E-state index is 0.0224. The molecule has 4 aromatic rings. The first-order valence-electron chi connectivity index (χ1n) is 20.4. The van der Waals surface area contributed by atoms with Crippen molar-refractivity contribution in [2.75, 3.05) is 31.9 Å². The van der Waals surface area contributed by atoms with E-state index in [0.717, 1.165) is 91.3 Å². The van der Waals surface area contributed by atoms with Crippen molar-refractivity contribution in [3.8, 4) is 11.4 Å². The number of nitrogen functional groups attached to an aromatic ring is 1. The van der Waals surface area contributed by atoms with E-state index < -0.39 is 33.6 Å². The summed E-state index contributed by atoms with van der Waals surface area (Å²) in [6.45, 7) is 8.75. The predicted octanol–water partition coefficient (Wildman–Crippen LogP) is 5.68. The lowest BCUT2D eigenvalue weighted by Gasteiger charge is -2.46. The number of benzene rings is 3. The number of fused-ring (bicyclic) bond motifs is 2. The summed E-state index contributed by atoms with van der Waals surface area (Å²) in [6.07, 6.45) is 4.78. The number of aryl methyl sites for hydroxylation is 1. The van der Waals surface area contributed by atoms with Crippen molar-refractivity contribution in [2.24, 2.45) is 5.92 Å². The number of halogens is 3. The number of nitrogens with two attached hydrogens (primary N) is 1. The summed E-state index contributed by atoms with van der Waals surface area (Å²) in [4.78, 5) is 70.2. The maximum atomic E-state index is 14.3. The molecule has 2 saturated heterocycles. The SMILES string of the molecule is CC(C)N(CC1CCN(CCCn2c(=O)n(-c3ccc(N)c(C(F)(F)I)c3)c3ccccc32)CC1)[C@H]1C[C@H](Oc2ccc3c(c2)C(=O)N(C2CCC(=O)NC2=O)C3=O)C1. The molecule has 0 spiro atoms. The van der Waals surface area contributed by atoms with Gasteiger partial charge in [-0.2, -0.15) is 8.78 Å². The van der Waals surface area contributed by atoms with Gasteiger partial charge in [-0.15, -0.1) is 0 Å². The number of para-hydroxylation sites is 2. The smallest absolute Gasteiger partial charge is 0.333 e. The number of carbonyl (C=O) groups excluding carboxylic acids is 4. The molecular formula is C43H48F2IN7O6. The van der Waals surface area contributed by atoms with Crippen LogP contribution in [0.5, 0.6) is 5.75 Å². The second-order valence-electron chi connectivity index (χ2n) is 16.5. The Hall–Kier alpha value is -4.68. The second kappa shape index (κ2) is 16.4. The molecule has 1 atom stereocenters. The van der Waals surface area contributed by atoms with Crippen molar-refractivity contribution >= 4 is 62.9 Å². The van der Waals surface area contributed by atoms with Crippen LogP contribution < -0.4 is 21.5 Å². The summed E-state index contributed by atoms with van der Waals surface area (Å²) in [5.41, 5.74) is 7.45. The van der Waals surface area contributed by atoms with Crippen molar-refractivity contribution in [3.63, 3.8) is 0 Å². The number of alkyl halides is 3. The van der Waals surface area contributed by atoms with Crippen molar-refractivity contribution in [3.05, 3.63) is 87.8 Å². The number of likely N-dealkylation sites (tertiary alicyclic amines) is 1. The maximum absolute atomic E-state index is 14.3. The minimum atomic E-state index is -3.18. The molecule has 3 aliphatic heterocycles. The van der Waals surface area contributed by atoms with E-state index in [1.54, 1.807) is 28.8 Å². The van der Waals surface area contributed by atoms with Gasteiger partial charge in [-0.3, -0.25) is 43.4 Å². The molecule has 3 fully saturated rings. The van der Waals surface area contributed by atoms with Crippen LogP contribution in [0.2, 0.25) is 0 Å². The van der Waals surface area contributed by atoms with Crippen LogP contribution in [-0.4, -0.2) is 97.9 Å². The highest BCUT2D eigenvalue weighted by molar-refractivity contribution is 14.1. The predicted molar refractivity (Wildman–Crippen MR) is 226 cm³/mol. The number of nitrogens with zero attached hydrogens (tertiary/aromatic N) is 5. The quantitative estimate of drug-likeness (QED) is 0.0747. The molecule has 13 nitrogen and oxygen atoms in total. The summed E-state index contributed by atoms with van der Waals surface area (Å²) in [7, 11) is 0. The van der Waals surface area contributed by atoms with Crippen LogP contribution in [0.1, 0.15) is 85.1 Å². The van der Waals surface area contributed by atoms with Crippen LogP contribution in [0, 0.1) is 5.92 Å². The Kier molecular flexibility index (Phi) is 11.4. The number of aromatic nitrogens is 2. The molecule has 4 amide bonds. The Balaban J connectivity index is 0.819. The van der Waals surface area contributed by atoms with E-state index >= 15 is 0 Å². The van der Waals surface area contributed by atoms with Crippen LogP contribution in [0.4, 0.5) is 14.5 Å². The van der Waals surface area contributed by atoms with E-state index in [1.165, 1.54) is 16.7 Å². The standard InChI is InChI=1S/C43H48F2IN7O6/c1-25(2)51(28-20-30(21-28)59-29-9-10-31-32(23-29)41(57)53(40(31)56)37-12-13-38(54)48-39(37)55)24-26-14-18-49(19-15-26)16-5-17-50-35-6-3-4-7-36(35)52(42(50)58)27-8-11-34(47)33(22-27)43(44,45)46/h3-4,6-11,22-23,25-26,28,30,37H,5,12-21,24,47H2,1-2H3,(H,48,54,55)/t28-,30-,37?. The average molecular weight is 924 g/mol. The van der Waals surface area contributed by atoms with Gasteiger partial charge in [-0.25, -0.2) is 4.79 Å². The number of ether oxygens (including phenoxy) is 1. The zero-order valence-electron chi connectivity index (χ0n) is 33.0. The Labute approximate surface area is 353 Å². The number of rotatable bonds is 13. The van der Waals surface area contributed by atoms with Gasteiger partial charge in [-0.05, 0) is 114 Å². The van der Waals surface area contributed by atoms with Gasteiger partial charge in [0.2, 0.25) is 11.8 Å². The summed E-state index contributed by atoms with van der Waals surface area (Å²) < 4.78 is 35.0. The Morgan fingerprint density at radius 1 is 0.915 bits per heavy atom. The lowest BCUT2D eigenvalue weighted by atomic mass is 9.85. The molecule has 0 bridgehead atoms. The largest absolute Gasteiger partial charge is 0.490 e. The summed E-state index contributed by atoms with van der Waals surface area (Å²) in [5.74, 6) is -1.07. The average Bonchev–Trinajstić information content (AvgIpc) is 3.60. The molecule has 0 radical (unpaired) electrons. The van der Waals surface area contributed by atoms with E-state index in [4.69, 9.17) is 10.5 Å². The number of imide groups is 2. The zero-order chi connectivity index (χ0) is 41.7. The topological polar surface area (TPSA) is 152 Å². The van der Waals surface area contributed by atoms with Gasteiger partial charge < -0.3 is 15.4 Å². The van der Waals surface area contributed by atoms with E-state index in [2.05, 4.69) is 29.0 Å². The Morgan fingerprint density at radius 3 is 2.32 bits per heavy atom. The molecule has 312 valence electrons. The van der Waals surface area contributed by atoms with E-state index in [-0.39, 0.29) is 47.0 Å². The molecule has 4 heterocycles. The van der Waals surface area contributed by atoms with Gasteiger partial charge in [0, 0.05) is 72.7 Å². The van der Waals surface area contributed by atoms with Crippen LogP contribution in [0.15, 0.2) is 65.5 Å². The second-order valence-corrected chi connectivity index (χ2v) is 17.8. The zero-order valence-corrected chi connectivity index (χ0v) is 35.2. The molecule has 1 aromatic heterocycles. The lowest BCUT2D eigenvalue weighted by molar-refractivity contribution is -0.136. The van der Waals surface area contributed by atoms with Crippen molar-refractivity contribution in [2.45, 2.75) is 93.5 Å². The monoisotopic (exact) mass is 923 g/mol. The third kappa shape index (κ3) is 8.14. The first-order valence-corrected chi connectivity index (χ1v) is 21.4. The molecular weight excluding hydrogens is 875 g/mol. The minimum Gasteiger partial charge on any atom is -0.490 e. The fraction of sp³-hybridized carbons (Fsp3) is 0.465. The van der Waals surface area contributed by atoms with Crippen molar-refractivity contribution in [1.82, 2.24) is 29.2 Å². The first-order chi connectivity index (χ1) is 28.2. The molecule has 1 aliphatic carbocycles. The molecule has 8 rings (SSSR count).